The minimum atomic E-state index is -3.03. The molecule has 1 aromatic carbocycles. The Labute approximate surface area is 137 Å². The Kier molecular flexibility index (Phi) is 6.16. The van der Waals surface area contributed by atoms with Crippen molar-refractivity contribution in [2.45, 2.75) is 45.1 Å². The van der Waals surface area contributed by atoms with E-state index in [1.807, 2.05) is 6.92 Å². The minimum Gasteiger partial charge on any atom is -0.339 e. The predicted octanol–water partition coefficient (Wildman–Crippen LogP) is 2.57. The van der Waals surface area contributed by atoms with Gasteiger partial charge in [0.05, 0.1) is 11.5 Å². The molecule has 23 heavy (non-hydrogen) atoms. The monoisotopic (exact) mass is 341 g/mol. The Hall–Kier alpha value is -1.43. The van der Waals surface area contributed by atoms with E-state index >= 15 is 0 Å². The maximum Gasteiger partial charge on any atom is 0.223 e. The van der Waals surface area contributed by atoms with Crippen molar-refractivity contribution in [2.75, 3.05) is 18.1 Å². The van der Waals surface area contributed by atoms with Crippen molar-refractivity contribution >= 4 is 15.7 Å². The summed E-state index contributed by atoms with van der Waals surface area (Å²) in [5.74, 6) is -0.170. The van der Waals surface area contributed by atoms with Gasteiger partial charge >= 0.3 is 0 Å². The number of unbranched alkanes of at least 4 members (excludes halogenated alkanes) is 1. The fourth-order valence-corrected chi connectivity index (χ4v) is 4.68. The van der Waals surface area contributed by atoms with Crippen LogP contribution in [0.25, 0.3) is 0 Å². The van der Waals surface area contributed by atoms with E-state index in [4.69, 9.17) is 0 Å². The van der Waals surface area contributed by atoms with Crippen LogP contribution in [0.5, 0.6) is 0 Å². The van der Waals surface area contributed by atoms with Crippen LogP contribution in [0, 0.1) is 5.82 Å². The van der Waals surface area contributed by atoms with Crippen molar-refractivity contribution in [3.05, 3.63) is 35.6 Å². The first-order valence-corrected chi connectivity index (χ1v) is 9.98. The van der Waals surface area contributed by atoms with Crippen LogP contribution in [0.2, 0.25) is 0 Å². The molecule has 1 aromatic rings. The smallest absolute Gasteiger partial charge is 0.223 e. The Morgan fingerprint density at radius 2 is 2.09 bits per heavy atom. The molecule has 0 aliphatic carbocycles. The van der Waals surface area contributed by atoms with Crippen molar-refractivity contribution in [2.24, 2.45) is 0 Å². The number of rotatable bonds is 7. The Morgan fingerprint density at radius 1 is 1.35 bits per heavy atom. The lowest BCUT2D eigenvalue weighted by Crippen LogP contribution is -2.41. The Morgan fingerprint density at radius 3 is 2.70 bits per heavy atom. The van der Waals surface area contributed by atoms with Gasteiger partial charge in [-0.2, -0.15) is 0 Å². The van der Waals surface area contributed by atoms with Crippen molar-refractivity contribution in [3.63, 3.8) is 0 Å². The third-order valence-electron chi connectivity index (χ3n) is 4.29. The Bertz CT molecular complexity index is 645. The summed E-state index contributed by atoms with van der Waals surface area (Å²) < 4.78 is 37.0. The highest BCUT2D eigenvalue weighted by Crippen LogP contribution is 2.20. The summed E-state index contributed by atoms with van der Waals surface area (Å²) in [6.45, 7) is 2.61. The van der Waals surface area contributed by atoms with Crippen molar-refractivity contribution in [1.29, 1.82) is 0 Å². The SMILES string of the molecule is CCCCN(C(=O)CCc1ccccc1F)C1CCS(=O)(=O)C1. The third kappa shape index (κ3) is 5.03. The number of carbonyl (C=O) groups excluding carboxylic acids is 1. The number of sulfone groups is 1. The van der Waals surface area contributed by atoms with Crippen molar-refractivity contribution < 1.29 is 17.6 Å². The van der Waals surface area contributed by atoms with E-state index < -0.39 is 9.84 Å². The van der Waals surface area contributed by atoms with E-state index in [1.165, 1.54) is 6.07 Å². The zero-order valence-corrected chi connectivity index (χ0v) is 14.3. The highest BCUT2D eigenvalue weighted by molar-refractivity contribution is 7.91. The van der Waals surface area contributed by atoms with Gasteiger partial charge in [-0.15, -0.1) is 0 Å². The highest BCUT2D eigenvalue weighted by atomic mass is 32.2. The van der Waals surface area contributed by atoms with Crippen LogP contribution in [0.15, 0.2) is 24.3 Å². The number of halogens is 1. The molecule has 0 spiro atoms. The zero-order chi connectivity index (χ0) is 16.9. The van der Waals surface area contributed by atoms with E-state index in [9.17, 15) is 17.6 Å². The number of aryl methyl sites for hydroxylation is 1. The van der Waals surface area contributed by atoms with E-state index in [-0.39, 0.29) is 35.7 Å². The quantitative estimate of drug-likeness (QED) is 0.766. The molecule has 4 nitrogen and oxygen atoms in total. The first kappa shape index (κ1) is 17.9. The summed E-state index contributed by atoms with van der Waals surface area (Å²) in [7, 11) is -3.03. The summed E-state index contributed by atoms with van der Waals surface area (Å²) in [5, 5.41) is 0. The van der Waals surface area contributed by atoms with Crippen LogP contribution in [-0.4, -0.2) is 43.3 Å². The van der Waals surface area contributed by atoms with Gasteiger partial charge in [-0.05, 0) is 30.9 Å². The number of nitrogens with zero attached hydrogens (tertiary/aromatic N) is 1. The largest absolute Gasteiger partial charge is 0.339 e. The summed E-state index contributed by atoms with van der Waals surface area (Å²) >= 11 is 0. The minimum absolute atomic E-state index is 0.0577. The second kappa shape index (κ2) is 7.90. The lowest BCUT2D eigenvalue weighted by Gasteiger charge is -2.28. The third-order valence-corrected chi connectivity index (χ3v) is 6.04. The summed E-state index contributed by atoms with van der Waals surface area (Å²) in [6, 6.07) is 6.22. The average Bonchev–Trinajstić information content (AvgIpc) is 2.87. The van der Waals surface area contributed by atoms with Gasteiger partial charge in [-0.25, -0.2) is 12.8 Å². The Balaban J connectivity index is 2.00. The summed E-state index contributed by atoms with van der Waals surface area (Å²) in [4.78, 5) is 14.2. The lowest BCUT2D eigenvalue weighted by atomic mass is 10.1. The molecule has 1 saturated heterocycles. The van der Waals surface area contributed by atoms with Crippen LogP contribution < -0.4 is 0 Å². The molecule has 0 N–H and O–H groups in total. The van der Waals surface area contributed by atoms with Crippen molar-refractivity contribution in [3.8, 4) is 0 Å². The maximum absolute atomic E-state index is 13.6. The molecule has 0 radical (unpaired) electrons. The fraction of sp³-hybridized carbons (Fsp3) is 0.588. The topological polar surface area (TPSA) is 54.5 Å². The lowest BCUT2D eigenvalue weighted by molar-refractivity contribution is -0.133. The van der Waals surface area contributed by atoms with Crippen molar-refractivity contribution in [1.82, 2.24) is 4.90 Å². The molecule has 0 bridgehead atoms. The van der Waals surface area contributed by atoms with Gasteiger partial charge in [0.1, 0.15) is 5.82 Å². The number of hydrogen-bond acceptors (Lipinski definition) is 3. The average molecular weight is 341 g/mol. The van der Waals surface area contributed by atoms with Gasteiger partial charge in [0.2, 0.25) is 5.91 Å². The van der Waals surface area contributed by atoms with Gasteiger partial charge in [0, 0.05) is 19.0 Å². The number of carbonyl (C=O) groups is 1. The maximum atomic E-state index is 13.6. The van der Waals surface area contributed by atoms with E-state index in [1.54, 1.807) is 23.1 Å². The zero-order valence-electron chi connectivity index (χ0n) is 13.5. The molecule has 2 rings (SSSR count). The van der Waals surface area contributed by atoms with Gasteiger partial charge < -0.3 is 4.90 Å². The first-order valence-electron chi connectivity index (χ1n) is 8.16. The second-order valence-electron chi connectivity index (χ2n) is 6.09. The van der Waals surface area contributed by atoms with Gasteiger partial charge in [0.25, 0.3) is 0 Å². The fourth-order valence-electron chi connectivity index (χ4n) is 2.95. The predicted molar refractivity (Wildman–Crippen MR) is 88.4 cm³/mol. The number of hydrogen-bond donors (Lipinski definition) is 0. The van der Waals surface area contributed by atoms with E-state index in [0.717, 1.165) is 12.8 Å². The first-order chi connectivity index (χ1) is 10.9. The molecule has 0 aromatic heterocycles. The number of benzene rings is 1. The van der Waals surface area contributed by atoms with Gasteiger partial charge in [0.15, 0.2) is 9.84 Å². The summed E-state index contributed by atoms with van der Waals surface area (Å²) in [5.41, 5.74) is 0.523. The molecular formula is C17H24FNO3S. The van der Waals surface area contributed by atoms with Crippen LogP contribution in [0.4, 0.5) is 4.39 Å². The second-order valence-corrected chi connectivity index (χ2v) is 8.32. The van der Waals surface area contributed by atoms with Crippen LogP contribution in [0.3, 0.4) is 0 Å². The van der Waals surface area contributed by atoms with Crippen LogP contribution in [0.1, 0.15) is 38.2 Å². The molecule has 1 fully saturated rings. The normalized spacial score (nSPS) is 19.7. The molecule has 1 atom stereocenters. The number of amides is 1. The van der Waals surface area contributed by atoms with E-state index in [2.05, 4.69) is 0 Å². The standard InChI is InChI=1S/C17H24FNO3S/c1-2-3-11-19(15-10-12-23(21,22)13-15)17(20)9-8-14-6-4-5-7-16(14)18/h4-7,15H,2-3,8-13H2,1H3. The van der Waals surface area contributed by atoms with Crippen LogP contribution in [-0.2, 0) is 21.1 Å². The summed E-state index contributed by atoms with van der Waals surface area (Å²) in [6.07, 6.45) is 2.85. The molecular weight excluding hydrogens is 317 g/mol. The highest BCUT2D eigenvalue weighted by Gasteiger charge is 2.34. The molecule has 1 aliphatic rings. The molecule has 1 unspecified atom stereocenters. The van der Waals surface area contributed by atoms with Gasteiger partial charge in [-0.1, -0.05) is 31.5 Å². The molecule has 1 aliphatic heterocycles. The molecule has 6 heteroatoms. The molecule has 1 amide bonds. The van der Waals surface area contributed by atoms with Crippen LogP contribution >= 0.6 is 0 Å². The van der Waals surface area contributed by atoms with E-state index in [0.29, 0.717) is 24.9 Å². The molecule has 0 saturated carbocycles. The van der Waals surface area contributed by atoms with Gasteiger partial charge in [-0.3, -0.25) is 4.79 Å². The molecule has 128 valence electrons. The molecule has 1 heterocycles.